The monoisotopic (exact) mass is 240 g/mol. The number of carbonyl (C=O) groups is 1. The summed E-state index contributed by atoms with van der Waals surface area (Å²) in [6, 6.07) is 4.23. The molecule has 1 amide bonds. The molecule has 0 saturated carbocycles. The van der Waals surface area contributed by atoms with Gasteiger partial charge in [-0.2, -0.15) is 0 Å². The molecule has 1 heterocycles. The molecule has 1 aromatic heterocycles. The van der Waals surface area contributed by atoms with Crippen LogP contribution in [0.3, 0.4) is 0 Å². The van der Waals surface area contributed by atoms with Gasteiger partial charge in [0.1, 0.15) is 0 Å². The Morgan fingerprint density at radius 3 is 2.88 bits per heavy atom. The molecule has 0 aliphatic rings. The highest BCUT2D eigenvalue weighted by Gasteiger charge is 2.17. The third kappa shape index (κ3) is 3.61. The second kappa shape index (κ2) is 6.66. The predicted octanol–water partition coefficient (Wildman–Crippen LogP) is 2.30. The Bertz CT molecular complexity index is 311. The minimum Gasteiger partial charge on any atom is -0.348 e. The van der Waals surface area contributed by atoms with Gasteiger partial charge in [0.2, 0.25) is 5.91 Å². The van der Waals surface area contributed by atoms with Crippen molar-refractivity contribution in [2.75, 3.05) is 6.54 Å². The molecule has 0 bridgehead atoms. The molecule has 0 aliphatic carbocycles. The fourth-order valence-electron chi connectivity index (χ4n) is 1.48. The van der Waals surface area contributed by atoms with Crippen LogP contribution in [0.4, 0.5) is 0 Å². The molecule has 1 rings (SSSR count). The molecule has 1 aromatic rings. The number of nitrogens with two attached hydrogens (primary N) is 1. The van der Waals surface area contributed by atoms with Gasteiger partial charge in [-0.3, -0.25) is 4.79 Å². The van der Waals surface area contributed by atoms with Crippen molar-refractivity contribution in [1.82, 2.24) is 5.32 Å². The minimum atomic E-state index is -0.112. The number of amides is 1. The van der Waals surface area contributed by atoms with E-state index in [1.54, 1.807) is 11.3 Å². The fourth-order valence-corrected chi connectivity index (χ4v) is 2.30. The highest BCUT2D eigenvalue weighted by atomic mass is 32.1. The zero-order chi connectivity index (χ0) is 12.0. The maximum atomic E-state index is 11.8. The van der Waals surface area contributed by atoms with Gasteiger partial charge in [-0.15, -0.1) is 11.3 Å². The van der Waals surface area contributed by atoms with Crippen LogP contribution >= 0.6 is 11.3 Å². The van der Waals surface area contributed by atoms with E-state index < -0.39 is 0 Å². The number of hydrogen-bond donors (Lipinski definition) is 2. The highest BCUT2D eigenvalue weighted by molar-refractivity contribution is 7.10. The van der Waals surface area contributed by atoms with Crippen molar-refractivity contribution in [3.8, 4) is 0 Å². The summed E-state index contributed by atoms with van der Waals surface area (Å²) in [5.74, 6) is -0.0614. The van der Waals surface area contributed by atoms with Gasteiger partial charge >= 0.3 is 0 Å². The van der Waals surface area contributed by atoms with E-state index in [4.69, 9.17) is 5.73 Å². The lowest BCUT2D eigenvalue weighted by molar-refractivity contribution is -0.125. The molecule has 0 radical (unpaired) electrons. The number of thiophene rings is 1. The molecule has 0 saturated heterocycles. The summed E-state index contributed by atoms with van der Waals surface area (Å²) in [4.78, 5) is 13.0. The van der Waals surface area contributed by atoms with E-state index in [1.807, 2.05) is 18.4 Å². The summed E-state index contributed by atoms with van der Waals surface area (Å²) in [5, 5.41) is 5.10. The average Bonchev–Trinajstić information content (AvgIpc) is 2.80. The summed E-state index contributed by atoms with van der Waals surface area (Å²) in [5.41, 5.74) is 5.48. The molecule has 0 aliphatic heterocycles. The first-order valence-electron chi connectivity index (χ1n) is 5.72. The number of carbonyl (C=O) groups excluding carboxylic acids is 1. The molecule has 0 spiro atoms. The first-order chi connectivity index (χ1) is 7.69. The number of rotatable bonds is 6. The third-order valence-corrected chi connectivity index (χ3v) is 3.57. The van der Waals surface area contributed by atoms with Gasteiger partial charge in [-0.05, 0) is 17.9 Å². The van der Waals surface area contributed by atoms with Crippen molar-refractivity contribution >= 4 is 17.2 Å². The van der Waals surface area contributed by atoms with Crippen LogP contribution in [0.5, 0.6) is 0 Å². The topological polar surface area (TPSA) is 55.1 Å². The van der Waals surface area contributed by atoms with Gasteiger partial charge in [0.05, 0.1) is 6.04 Å². The van der Waals surface area contributed by atoms with E-state index in [2.05, 4.69) is 18.3 Å². The first-order valence-corrected chi connectivity index (χ1v) is 6.60. The van der Waals surface area contributed by atoms with Crippen LogP contribution in [-0.2, 0) is 4.79 Å². The zero-order valence-corrected chi connectivity index (χ0v) is 10.7. The predicted molar refractivity (Wildman–Crippen MR) is 68.3 cm³/mol. The second-order valence-electron chi connectivity index (χ2n) is 4.00. The van der Waals surface area contributed by atoms with E-state index in [0.29, 0.717) is 6.54 Å². The summed E-state index contributed by atoms with van der Waals surface area (Å²) in [7, 11) is 0. The molecular formula is C12H20N2OS. The summed E-state index contributed by atoms with van der Waals surface area (Å²) < 4.78 is 0. The fraction of sp³-hybridized carbons (Fsp3) is 0.583. The van der Waals surface area contributed by atoms with E-state index in [1.165, 1.54) is 4.88 Å². The molecule has 3 nitrogen and oxygen atoms in total. The van der Waals surface area contributed by atoms with Crippen molar-refractivity contribution < 1.29 is 4.79 Å². The van der Waals surface area contributed by atoms with Crippen LogP contribution in [0.15, 0.2) is 17.5 Å². The van der Waals surface area contributed by atoms with Gasteiger partial charge in [0.25, 0.3) is 0 Å². The van der Waals surface area contributed by atoms with Crippen molar-refractivity contribution in [3.05, 3.63) is 22.4 Å². The minimum absolute atomic E-state index is 0.0503. The quantitative estimate of drug-likeness (QED) is 0.801. The van der Waals surface area contributed by atoms with E-state index in [9.17, 15) is 4.79 Å². The Morgan fingerprint density at radius 1 is 1.62 bits per heavy atom. The zero-order valence-electron chi connectivity index (χ0n) is 9.90. The van der Waals surface area contributed by atoms with E-state index >= 15 is 0 Å². The van der Waals surface area contributed by atoms with Crippen molar-refractivity contribution in [2.24, 2.45) is 11.7 Å². The van der Waals surface area contributed by atoms with Gasteiger partial charge in [0, 0.05) is 17.3 Å². The normalized spacial score (nSPS) is 14.4. The first kappa shape index (κ1) is 13.2. The number of nitrogens with one attached hydrogen (secondary N) is 1. The van der Waals surface area contributed by atoms with Crippen molar-refractivity contribution in [2.45, 2.75) is 32.7 Å². The van der Waals surface area contributed by atoms with Gasteiger partial charge in [-0.1, -0.05) is 26.3 Å². The highest BCUT2D eigenvalue weighted by Crippen LogP contribution is 2.23. The molecule has 4 heteroatoms. The second-order valence-corrected chi connectivity index (χ2v) is 4.98. The Hall–Kier alpha value is -0.870. The molecule has 90 valence electrons. The van der Waals surface area contributed by atoms with E-state index in [0.717, 1.165) is 12.8 Å². The standard InChI is InChI=1S/C12H20N2OS/c1-3-5-10(11-6-4-7-16-11)14-12(15)9(2)8-13/h4,6-7,9-10H,3,5,8,13H2,1-2H3,(H,14,15). The molecule has 2 atom stereocenters. The summed E-state index contributed by atoms with van der Waals surface area (Å²) in [6.45, 7) is 4.38. The van der Waals surface area contributed by atoms with Crippen LogP contribution in [-0.4, -0.2) is 12.5 Å². The summed E-state index contributed by atoms with van der Waals surface area (Å²) >= 11 is 1.69. The molecule has 16 heavy (non-hydrogen) atoms. The van der Waals surface area contributed by atoms with Crippen molar-refractivity contribution in [1.29, 1.82) is 0 Å². The van der Waals surface area contributed by atoms with Gasteiger partial charge < -0.3 is 11.1 Å². The third-order valence-electron chi connectivity index (χ3n) is 2.58. The van der Waals surface area contributed by atoms with Crippen LogP contribution in [0.25, 0.3) is 0 Å². The number of hydrogen-bond acceptors (Lipinski definition) is 3. The van der Waals surface area contributed by atoms with Crippen LogP contribution in [0.1, 0.15) is 37.6 Å². The smallest absolute Gasteiger partial charge is 0.224 e. The lowest BCUT2D eigenvalue weighted by Crippen LogP contribution is -2.35. The maximum Gasteiger partial charge on any atom is 0.224 e. The van der Waals surface area contributed by atoms with E-state index in [-0.39, 0.29) is 17.9 Å². The Morgan fingerprint density at radius 2 is 2.38 bits per heavy atom. The Kier molecular flexibility index (Phi) is 5.49. The lowest BCUT2D eigenvalue weighted by atomic mass is 10.1. The average molecular weight is 240 g/mol. The SMILES string of the molecule is CCCC(NC(=O)C(C)CN)c1cccs1. The lowest BCUT2D eigenvalue weighted by Gasteiger charge is -2.19. The maximum absolute atomic E-state index is 11.8. The molecule has 3 N–H and O–H groups in total. The molecule has 0 aromatic carbocycles. The molecule has 0 fully saturated rings. The van der Waals surface area contributed by atoms with Crippen LogP contribution < -0.4 is 11.1 Å². The largest absolute Gasteiger partial charge is 0.348 e. The van der Waals surface area contributed by atoms with Crippen molar-refractivity contribution in [3.63, 3.8) is 0 Å². The Labute approximate surface area is 101 Å². The molecular weight excluding hydrogens is 220 g/mol. The van der Waals surface area contributed by atoms with Crippen LogP contribution in [0, 0.1) is 5.92 Å². The Balaban J connectivity index is 2.62. The molecule has 2 unspecified atom stereocenters. The van der Waals surface area contributed by atoms with Gasteiger partial charge in [0.15, 0.2) is 0 Å². The van der Waals surface area contributed by atoms with Gasteiger partial charge in [-0.25, -0.2) is 0 Å². The summed E-state index contributed by atoms with van der Waals surface area (Å²) in [6.07, 6.45) is 2.03. The van der Waals surface area contributed by atoms with Crippen LogP contribution in [0.2, 0.25) is 0 Å².